The molecular weight excluding hydrogens is 198 g/mol. The second kappa shape index (κ2) is 5.12. The molecule has 86 valence electrons. The topological polar surface area (TPSA) is 46.2 Å². The van der Waals surface area contributed by atoms with Crippen molar-refractivity contribution >= 4 is 9.84 Å². The molecule has 0 amide bonds. The molecule has 0 rings (SSSR count). The molecule has 3 atom stereocenters. The minimum absolute atomic E-state index is 0.00111. The van der Waals surface area contributed by atoms with Gasteiger partial charge < -0.3 is 5.32 Å². The molecule has 0 aliphatic carbocycles. The summed E-state index contributed by atoms with van der Waals surface area (Å²) in [6.45, 7) is 9.35. The first kappa shape index (κ1) is 13.9. The summed E-state index contributed by atoms with van der Waals surface area (Å²) in [7, 11) is -1.22. The maximum atomic E-state index is 12.0. The SMILES string of the molecule is CNC(C)C(C)S(=O)(=O)C(C)C(C)C. The average molecular weight is 221 g/mol. The van der Waals surface area contributed by atoms with Gasteiger partial charge in [0, 0.05) is 6.04 Å². The third-order valence-electron chi connectivity index (χ3n) is 3.13. The lowest BCUT2D eigenvalue weighted by Crippen LogP contribution is -2.43. The second-order valence-electron chi connectivity index (χ2n) is 4.32. The van der Waals surface area contributed by atoms with E-state index in [4.69, 9.17) is 0 Å². The quantitative estimate of drug-likeness (QED) is 0.764. The summed E-state index contributed by atoms with van der Waals surface area (Å²) in [5, 5.41) is 2.39. The molecule has 3 nitrogen and oxygen atoms in total. The van der Waals surface area contributed by atoms with Crippen molar-refractivity contribution in [1.82, 2.24) is 5.32 Å². The van der Waals surface area contributed by atoms with Crippen molar-refractivity contribution in [3.63, 3.8) is 0 Å². The van der Waals surface area contributed by atoms with E-state index in [1.807, 2.05) is 20.8 Å². The van der Waals surface area contributed by atoms with Crippen molar-refractivity contribution in [3.05, 3.63) is 0 Å². The highest BCUT2D eigenvalue weighted by Gasteiger charge is 2.32. The monoisotopic (exact) mass is 221 g/mol. The lowest BCUT2D eigenvalue weighted by Gasteiger charge is -2.25. The molecule has 1 N–H and O–H groups in total. The molecule has 14 heavy (non-hydrogen) atoms. The standard InChI is InChI=1S/C10H23NO2S/c1-7(2)9(4)14(12,13)10(5)8(3)11-6/h7-11H,1-6H3. The van der Waals surface area contributed by atoms with Gasteiger partial charge in [-0.2, -0.15) is 0 Å². The van der Waals surface area contributed by atoms with Gasteiger partial charge in [0.25, 0.3) is 0 Å². The van der Waals surface area contributed by atoms with Gasteiger partial charge in [0.2, 0.25) is 0 Å². The van der Waals surface area contributed by atoms with Gasteiger partial charge in [0.1, 0.15) is 0 Å². The summed E-state index contributed by atoms with van der Waals surface area (Å²) in [6, 6.07) is 0.00111. The van der Waals surface area contributed by atoms with Crippen LogP contribution in [0.15, 0.2) is 0 Å². The van der Waals surface area contributed by atoms with E-state index in [2.05, 4.69) is 5.32 Å². The fourth-order valence-electron chi connectivity index (χ4n) is 1.24. The predicted octanol–water partition coefficient (Wildman–Crippen LogP) is 1.44. The predicted molar refractivity (Wildman–Crippen MR) is 61.2 cm³/mol. The molecule has 0 fully saturated rings. The lowest BCUT2D eigenvalue weighted by atomic mass is 10.2. The Morgan fingerprint density at radius 3 is 1.64 bits per heavy atom. The molecule has 4 heteroatoms. The third kappa shape index (κ3) is 2.95. The van der Waals surface area contributed by atoms with Gasteiger partial charge in [0.05, 0.1) is 10.5 Å². The van der Waals surface area contributed by atoms with Crippen molar-refractivity contribution in [3.8, 4) is 0 Å². The summed E-state index contributed by atoms with van der Waals surface area (Å²) in [6.07, 6.45) is 0. The Morgan fingerprint density at radius 1 is 0.929 bits per heavy atom. The van der Waals surface area contributed by atoms with Crippen LogP contribution < -0.4 is 5.32 Å². The Hall–Kier alpha value is -0.0900. The van der Waals surface area contributed by atoms with Gasteiger partial charge in [-0.15, -0.1) is 0 Å². The molecule has 0 aromatic carbocycles. The summed E-state index contributed by atoms with van der Waals surface area (Å²) in [5.74, 6) is 0.173. The van der Waals surface area contributed by atoms with Gasteiger partial charge in [-0.3, -0.25) is 0 Å². The Bertz CT molecular complexity index is 259. The van der Waals surface area contributed by atoms with Crippen LogP contribution in [0.25, 0.3) is 0 Å². The van der Waals surface area contributed by atoms with E-state index in [1.165, 1.54) is 0 Å². The Kier molecular flexibility index (Phi) is 5.09. The number of rotatable bonds is 5. The first-order chi connectivity index (χ1) is 6.25. The van der Waals surface area contributed by atoms with Gasteiger partial charge >= 0.3 is 0 Å². The van der Waals surface area contributed by atoms with Crippen LogP contribution in [0, 0.1) is 5.92 Å². The number of nitrogens with one attached hydrogen (secondary N) is 1. The highest BCUT2D eigenvalue weighted by molar-refractivity contribution is 7.92. The smallest absolute Gasteiger partial charge is 0.157 e. The van der Waals surface area contributed by atoms with Crippen LogP contribution in [-0.2, 0) is 9.84 Å². The highest BCUT2D eigenvalue weighted by atomic mass is 32.2. The fraction of sp³-hybridized carbons (Fsp3) is 1.00. The van der Waals surface area contributed by atoms with Gasteiger partial charge in [-0.25, -0.2) is 8.42 Å². The van der Waals surface area contributed by atoms with Crippen LogP contribution in [0.1, 0.15) is 34.6 Å². The molecule has 0 saturated carbocycles. The zero-order chi connectivity index (χ0) is 11.5. The minimum Gasteiger partial charge on any atom is -0.316 e. The maximum absolute atomic E-state index is 12.0. The summed E-state index contributed by atoms with van der Waals surface area (Å²) in [4.78, 5) is 0. The largest absolute Gasteiger partial charge is 0.316 e. The van der Waals surface area contributed by atoms with Gasteiger partial charge in [-0.1, -0.05) is 13.8 Å². The number of sulfone groups is 1. The minimum atomic E-state index is -3.01. The number of hydrogen-bond acceptors (Lipinski definition) is 3. The molecular formula is C10H23NO2S. The van der Waals surface area contributed by atoms with Crippen molar-refractivity contribution in [2.24, 2.45) is 5.92 Å². The van der Waals surface area contributed by atoms with E-state index >= 15 is 0 Å². The molecule has 3 unspecified atom stereocenters. The van der Waals surface area contributed by atoms with Crippen molar-refractivity contribution in [2.45, 2.75) is 51.2 Å². The van der Waals surface area contributed by atoms with E-state index in [0.29, 0.717) is 0 Å². The molecule has 0 radical (unpaired) electrons. The summed E-state index contributed by atoms with van der Waals surface area (Å²) < 4.78 is 24.1. The molecule has 0 heterocycles. The molecule has 0 bridgehead atoms. The van der Waals surface area contributed by atoms with Crippen molar-refractivity contribution < 1.29 is 8.42 Å². The first-order valence-corrected chi connectivity index (χ1v) is 6.76. The Balaban J connectivity index is 4.79. The van der Waals surface area contributed by atoms with E-state index in [0.717, 1.165) is 0 Å². The van der Waals surface area contributed by atoms with E-state index in [-0.39, 0.29) is 22.5 Å². The first-order valence-electron chi connectivity index (χ1n) is 5.15. The van der Waals surface area contributed by atoms with E-state index in [1.54, 1.807) is 20.9 Å². The van der Waals surface area contributed by atoms with E-state index in [9.17, 15) is 8.42 Å². The zero-order valence-electron chi connectivity index (χ0n) is 10.0. The molecule has 0 aromatic heterocycles. The van der Waals surface area contributed by atoms with Crippen LogP contribution in [0.4, 0.5) is 0 Å². The Morgan fingerprint density at radius 2 is 1.36 bits per heavy atom. The number of hydrogen-bond donors (Lipinski definition) is 1. The van der Waals surface area contributed by atoms with Crippen LogP contribution in [0.5, 0.6) is 0 Å². The van der Waals surface area contributed by atoms with Crippen LogP contribution >= 0.6 is 0 Å². The molecule has 0 saturated heterocycles. The average Bonchev–Trinajstić information content (AvgIpc) is 2.13. The summed E-state index contributed by atoms with van der Waals surface area (Å²) in [5.41, 5.74) is 0. The molecule has 0 aromatic rings. The molecule has 0 aliphatic heterocycles. The molecule has 0 aliphatic rings. The molecule has 0 spiro atoms. The Labute approximate surface area is 88.2 Å². The van der Waals surface area contributed by atoms with Crippen molar-refractivity contribution in [1.29, 1.82) is 0 Å². The third-order valence-corrected chi connectivity index (χ3v) is 6.16. The van der Waals surface area contributed by atoms with E-state index < -0.39 is 9.84 Å². The van der Waals surface area contributed by atoms with Crippen LogP contribution in [0.2, 0.25) is 0 Å². The second-order valence-corrected chi connectivity index (χ2v) is 6.99. The van der Waals surface area contributed by atoms with Crippen LogP contribution in [-0.4, -0.2) is 32.0 Å². The highest BCUT2D eigenvalue weighted by Crippen LogP contribution is 2.18. The lowest BCUT2D eigenvalue weighted by molar-refractivity contribution is 0.508. The normalized spacial score (nSPS) is 19.4. The summed E-state index contributed by atoms with van der Waals surface area (Å²) >= 11 is 0. The van der Waals surface area contributed by atoms with Crippen molar-refractivity contribution in [2.75, 3.05) is 7.05 Å². The zero-order valence-corrected chi connectivity index (χ0v) is 10.9. The van der Waals surface area contributed by atoms with Crippen LogP contribution in [0.3, 0.4) is 0 Å². The van der Waals surface area contributed by atoms with Gasteiger partial charge in [0.15, 0.2) is 9.84 Å². The van der Waals surface area contributed by atoms with Gasteiger partial charge in [-0.05, 0) is 33.7 Å². The maximum Gasteiger partial charge on any atom is 0.157 e. The fourth-order valence-corrected chi connectivity index (χ4v) is 3.38.